The Kier molecular flexibility index (Phi) is 16.4. The minimum atomic E-state index is 0.530. The van der Waals surface area contributed by atoms with Crippen molar-refractivity contribution in [3.05, 3.63) is 0 Å². The van der Waals surface area contributed by atoms with Crippen LogP contribution in [0.3, 0.4) is 0 Å². The largest absolute Gasteiger partial charge is 0.130 e. The molecule has 0 aromatic heterocycles. The molecule has 0 spiro atoms. The van der Waals surface area contributed by atoms with Crippen LogP contribution in [0.4, 0.5) is 0 Å². The van der Waals surface area contributed by atoms with Crippen LogP contribution in [0.5, 0.6) is 0 Å². The summed E-state index contributed by atoms with van der Waals surface area (Å²) in [7, 11) is 0. The van der Waals surface area contributed by atoms with Crippen LogP contribution in [0.1, 0.15) is 130 Å². The van der Waals surface area contributed by atoms with Gasteiger partial charge in [0, 0.05) is 0 Å². The van der Waals surface area contributed by atoms with Gasteiger partial charge in [0.15, 0.2) is 0 Å². The molecule has 0 saturated carbocycles. The van der Waals surface area contributed by atoms with E-state index in [0.29, 0.717) is 4.28 Å². The molecule has 1 unspecified atom stereocenters. The lowest BCUT2D eigenvalue weighted by molar-refractivity contribution is 0.268. The van der Waals surface area contributed by atoms with E-state index in [0.717, 1.165) is 5.92 Å². The molecule has 0 aromatic carbocycles. The van der Waals surface area contributed by atoms with Crippen LogP contribution in [0.15, 0.2) is 0 Å². The highest BCUT2D eigenvalue weighted by Gasteiger charge is 2.30. The van der Waals surface area contributed by atoms with Gasteiger partial charge in [-0.25, -0.2) is 0 Å². The van der Waals surface area contributed by atoms with Crippen LogP contribution in [0, 0.1) is 5.92 Å². The molecule has 136 valence electrons. The molecule has 0 N–H and O–H groups in total. The van der Waals surface area contributed by atoms with Gasteiger partial charge in [-0.3, -0.25) is 0 Å². The van der Waals surface area contributed by atoms with Crippen LogP contribution in [-0.2, 0) is 0 Å². The van der Waals surface area contributed by atoms with Crippen molar-refractivity contribution in [1.29, 1.82) is 0 Å². The Balaban J connectivity index is 4.48. The Morgan fingerprint density at radius 3 is 1.43 bits per heavy atom. The Labute approximate surface area is 157 Å². The van der Waals surface area contributed by atoms with Gasteiger partial charge in [-0.15, -0.1) is 0 Å². The summed E-state index contributed by atoms with van der Waals surface area (Å²) in [5.41, 5.74) is 0. The smallest absolute Gasteiger partial charge is 0.0940 e. The summed E-state index contributed by atoms with van der Waals surface area (Å²) in [6.07, 6.45) is 22.7. The summed E-state index contributed by atoms with van der Waals surface area (Å²) >= 11 is 3.37. The molecule has 23 heavy (non-hydrogen) atoms. The molecule has 0 aliphatic carbocycles. The van der Waals surface area contributed by atoms with E-state index in [1.54, 1.807) is 0 Å². The molecule has 2 radical (unpaired) electrons. The first-order chi connectivity index (χ1) is 11.1. The molecule has 0 saturated heterocycles. The highest BCUT2D eigenvalue weighted by Crippen LogP contribution is 2.47. The molecule has 0 aromatic rings. The van der Waals surface area contributed by atoms with Crippen molar-refractivity contribution in [2.45, 2.75) is 135 Å². The summed E-state index contributed by atoms with van der Waals surface area (Å²) < 4.78 is 0.530. The fourth-order valence-corrected chi connectivity index (χ4v) is 4.82. The van der Waals surface area contributed by atoms with Gasteiger partial charge in [0.2, 0.25) is 0 Å². The first kappa shape index (κ1) is 23.5. The average Bonchev–Trinajstić information content (AvgIpc) is 2.56. The van der Waals surface area contributed by atoms with Gasteiger partial charge in [0.25, 0.3) is 0 Å². The third-order valence-electron chi connectivity index (χ3n) is 5.70. The van der Waals surface area contributed by atoms with E-state index in [-0.39, 0.29) is 0 Å². The summed E-state index contributed by atoms with van der Waals surface area (Å²) in [4.78, 5) is 0. The van der Waals surface area contributed by atoms with Crippen molar-refractivity contribution >= 4 is 16.3 Å². The van der Waals surface area contributed by atoms with Gasteiger partial charge in [0.05, 0.1) is 0 Å². The second-order valence-corrected chi connectivity index (χ2v) is 8.96. The highest BCUT2D eigenvalue weighted by molar-refractivity contribution is 6.15. The summed E-state index contributed by atoms with van der Waals surface area (Å²) in [6.45, 7) is 9.39. The lowest BCUT2D eigenvalue weighted by Gasteiger charge is -2.40. The van der Waals surface area contributed by atoms with Gasteiger partial charge in [-0.1, -0.05) is 141 Å². The molecule has 0 heterocycles. The molecule has 0 rings (SSSR count). The van der Waals surface area contributed by atoms with Gasteiger partial charge in [-0.05, 0) is 0 Å². The number of hydrogen-bond donors (Lipinski definition) is 0. The van der Waals surface area contributed by atoms with Gasteiger partial charge in [0.1, 0.15) is 16.3 Å². The van der Waals surface area contributed by atoms with E-state index in [1.807, 2.05) is 0 Å². The number of unbranched alkanes of at least 4 members (excludes halogenated alkanes) is 9. The minimum absolute atomic E-state index is 0.530. The third-order valence-corrected chi connectivity index (χ3v) is 6.75. The average molecular weight is 337 g/mol. The predicted octanol–water partition coefficient (Wildman–Crippen LogP) is 8.25. The molecule has 1 atom stereocenters. The zero-order valence-electron chi connectivity index (χ0n) is 17.0. The van der Waals surface area contributed by atoms with Crippen molar-refractivity contribution in [3.8, 4) is 0 Å². The molecule has 0 bridgehead atoms. The fraction of sp³-hybridized carbons (Fsp3) is 1.00. The molecule has 0 fully saturated rings. The zero-order chi connectivity index (χ0) is 17.4. The standard InChI is InChI=1S/C22H45.Al/c1-5-9-12-15-18-21(8-4)22(19-16-13-10-6-2)20-17-14-11-7-3;/h21H,5-20H2,1-4H3;. The Hall–Kier alpha value is 0.532. The monoisotopic (exact) mass is 336 g/mol. The van der Waals surface area contributed by atoms with Crippen LogP contribution < -0.4 is 0 Å². The van der Waals surface area contributed by atoms with Crippen LogP contribution in [0.25, 0.3) is 0 Å². The maximum Gasteiger partial charge on any atom is 0.130 e. The summed E-state index contributed by atoms with van der Waals surface area (Å²) in [5.74, 6) is 0.924. The van der Waals surface area contributed by atoms with Gasteiger partial charge >= 0.3 is 0 Å². The lowest BCUT2D eigenvalue weighted by Crippen LogP contribution is -2.24. The van der Waals surface area contributed by atoms with Crippen LogP contribution in [-0.4, -0.2) is 16.3 Å². The zero-order valence-corrected chi connectivity index (χ0v) is 18.1. The quantitative estimate of drug-likeness (QED) is 0.185. The predicted molar refractivity (Wildman–Crippen MR) is 109 cm³/mol. The second kappa shape index (κ2) is 16.0. The second-order valence-electron chi connectivity index (χ2n) is 7.81. The van der Waals surface area contributed by atoms with E-state index in [1.165, 1.54) is 103 Å². The van der Waals surface area contributed by atoms with E-state index < -0.39 is 0 Å². The highest BCUT2D eigenvalue weighted by atomic mass is 27.0. The van der Waals surface area contributed by atoms with E-state index in [9.17, 15) is 0 Å². The van der Waals surface area contributed by atoms with Crippen molar-refractivity contribution in [2.24, 2.45) is 5.92 Å². The van der Waals surface area contributed by atoms with Crippen molar-refractivity contribution in [3.63, 3.8) is 0 Å². The fourth-order valence-electron chi connectivity index (χ4n) is 4.01. The molecular weight excluding hydrogens is 291 g/mol. The van der Waals surface area contributed by atoms with Crippen molar-refractivity contribution in [1.82, 2.24) is 0 Å². The van der Waals surface area contributed by atoms with E-state index in [4.69, 9.17) is 0 Å². The number of rotatable bonds is 17. The Bertz CT molecular complexity index is 224. The first-order valence-electron chi connectivity index (χ1n) is 10.9. The SMILES string of the molecule is CCCCCCC(CC)[C]([Al])(CCCCCC)CCCCCC. The Morgan fingerprint density at radius 2 is 1.04 bits per heavy atom. The van der Waals surface area contributed by atoms with Gasteiger partial charge < -0.3 is 0 Å². The van der Waals surface area contributed by atoms with E-state index in [2.05, 4.69) is 44.0 Å². The van der Waals surface area contributed by atoms with Gasteiger partial charge in [-0.2, -0.15) is 0 Å². The third kappa shape index (κ3) is 11.7. The summed E-state index contributed by atoms with van der Waals surface area (Å²) in [5, 5.41) is 0. The molecule has 0 aliphatic heterocycles. The molecule has 0 aliphatic rings. The molecule has 0 amide bonds. The minimum Gasteiger partial charge on any atom is -0.0940 e. The van der Waals surface area contributed by atoms with Crippen molar-refractivity contribution in [2.75, 3.05) is 0 Å². The first-order valence-corrected chi connectivity index (χ1v) is 11.5. The molecular formula is C22H45Al. The van der Waals surface area contributed by atoms with Crippen molar-refractivity contribution < 1.29 is 0 Å². The van der Waals surface area contributed by atoms with E-state index >= 15 is 0 Å². The number of hydrogen-bond acceptors (Lipinski definition) is 0. The molecule has 0 nitrogen and oxygen atoms in total. The maximum absolute atomic E-state index is 3.37. The van der Waals surface area contributed by atoms with Crippen LogP contribution in [0.2, 0.25) is 4.28 Å². The normalized spacial score (nSPS) is 13.4. The lowest BCUT2D eigenvalue weighted by atomic mass is 9.78. The maximum atomic E-state index is 3.37. The molecule has 1 heteroatoms. The topological polar surface area (TPSA) is 0 Å². The van der Waals surface area contributed by atoms with Crippen LogP contribution >= 0.6 is 0 Å². The summed E-state index contributed by atoms with van der Waals surface area (Å²) in [6, 6.07) is 0. The Morgan fingerprint density at radius 1 is 0.609 bits per heavy atom.